The number of nitrogens with zero attached hydrogens (tertiary/aromatic N) is 3. The zero-order chi connectivity index (χ0) is 19.2. The number of methoxy groups -OCH3 is 2. The van der Waals surface area contributed by atoms with Gasteiger partial charge in [-0.1, -0.05) is 33.5 Å². The Morgan fingerprint density at radius 2 is 1.89 bits per heavy atom. The van der Waals surface area contributed by atoms with Crippen molar-refractivity contribution in [3.8, 4) is 22.9 Å². The predicted octanol–water partition coefficient (Wildman–Crippen LogP) is 4.61. The monoisotopic (exact) mass is 407 g/mol. The molecule has 0 unspecified atom stereocenters. The Bertz CT molecular complexity index is 942. The van der Waals surface area contributed by atoms with Crippen LogP contribution >= 0.6 is 23.2 Å². The fraction of sp³-hybridized carbons (Fsp3) is 0.167. The van der Waals surface area contributed by atoms with E-state index in [4.69, 9.17) is 42.0 Å². The second kappa shape index (κ2) is 8.75. The van der Waals surface area contributed by atoms with Gasteiger partial charge in [0.2, 0.25) is 5.82 Å². The van der Waals surface area contributed by atoms with E-state index in [1.165, 1.54) is 20.4 Å². The Balaban J connectivity index is 1.62. The van der Waals surface area contributed by atoms with Crippen LogP contribution in [0.25, 0.3) is 11.4 Å². The number of rotatable bonds is 7. The molecule has 7 nitrogen and oxygen atoms in total. The molecule has 0 aliphatic carbocycles. The summed E-state index contributed by atoms with van der Waals surface area (Å²) in [6.45, 7) is 0.0259. The minimum Gasteiger partial charge on any atom is -0.493 e. The average Bonchev–Trinajstić information content (AvgIpc) is 3.14. The molecule has 0 saturated heterocycles. The second-order valence-electron chi connectivity index (χ2n) is 5.26. The zero-order valence-corrected chi connectivity index (χ0v) is 16.0. The third kappa shape index (κ3) is 4.69. The van der Waals surface area contributed by atoms with Gasteiger partial charge in [0.1, 0.15) is 0 Å². The van der Waals surface area contributed by atoms with Crippen molar-refractivity contribution in [2.24, 2.45) is 5.16 Å². The number of ether oxygens (including phenoxy) is 2. The van der Waals surface area contributed by atoms with E-state index in [1.807, 2.05) is 0 Å². The SMILES string of the molecule is COc1cc(/C=N\OCc2nc(-c3ccc(Cl)cc3)no2)cc(Cl)c1OC. The summed E-state index contributed by atoms with van der Waals surface area (Å²) in [6, 6.07) is 10.5. The van der Waals surface area contributed by atoms with Gasteiger partial charge in [0, 0.05) is 16.1 Å². The quantitative estimate of drug-likeness (QED) is 0.420. The smallest absolute Gasteiger partial charge is 0.267 e. The number of benzene rings is 2. The molecule has 0 fully saturated rings. The van der Waals surface area contributed by atoms with Crippen molar-refractivity contribution in [1.29, 1.82) is 0 Å². The van der Waals surface area contributed by atoms with Crippen molar-refractivity contribution in [2.45, 2.75) is 6.61 Å². The Morgan fingerprint density at radius 1 is 1.11 bits per heavy atom. The topological polar surface area (TPSA) is 79.0 Å². The Labute approximate surface area is 165 Å². The molecule has 0 atom stereocenters. The number of halogens is 2. The van der Waals surface area contributed by atoms with Crippen LogP contribution < -0.4 is 9.47 Å². The summed E-state index contributed by atoms with van der Waals surface area (Å²) in [5.41, 5.74) is 1.47. The lowest BCUT2D eigenvalue weighted by molar-refractivity contribution is 0.107. The molecule has 0 spiro atoms. The molecule has 2 aromatic carbocycles. The molecule has 3 aromatic rings. The van der Waals surface area contributed by atoms with Crippen molar-refractivity contribution in [2.75, 3.05) is 14.2 Å². The second-order valence-corrected chi connectivity index (χ2v) is 6.11. The maximum absolute atomic E-state index is 6.14. The Kier molecular flexibility index (Phi) is 6.16. The molecular weight excluding hydrogens is 393 g/mol. The minimum atomic E-state index is 0.0259. The third-order valence-corrected chi connectivity index (χ3v) is 4.02. The van der Waals surface area contributed by atoms with Gasteiger partial charge in [-0.25, -0.2) is 0 Å². The average molecular weight is 408 g/mol. The van der Waals surface area contributed by atoms with Crippen molar-refractivity contribution in [3.05, 3.63) is 57.9 Å². The van der Waals surface area contributed by atoms with Crippen LogP contribution in [-0.4, -0.2) is 30.6 Å². The van der Waals surface area contributed by atoms with Crippen molar-refractivity contribution in [3.63, 3.8) is 0 Å². The molecule has 0 radical (unpaired) electrons. The summed E-state index contributed by atoms with van der Waals surface area (Å²) in [4.78, 5) is 9.44. The summed E-state index contributed by atoms with van der Waals surface area (Å²) < 4.78 is 15.6. The van der Waals surface area contributed by atoms with E-state index >= 15 is 0 Å². The van der Waals surface area contributed by atoms with Crippen LogP contribution in [0.15, 0.2) is 46.1 Å². The van der Waals surface area contributed by atoms with Gasteiger partial charge < -0.3 is 18.8 Å². The van der Waals surface area contributed by atoms with Gasteiger partial charge in [-0.15, -0.1) is 0 Å². The van der Waals surface area contributed by atoms with Gasteiger partial charge in [-0.3, -0.25) is 0 Å². The van der Waals surface area contributed by atoms with Gasteiger partial charge in [-0.2, -0.15) is 4.98 Å². The fourth-order valence-corrected chi connectivity index (χ4v) is 2.65. The molecule has 27 heavy (non-hydrogen) atoms. The molecule has 140 valence electrons. The number of aromatic nitrogens is 2. The zero-order valence-electron chi connectivity index (χ0n) is 14.5. The maximum Gasteiger partial charge on any atom is 0.267 e. The lowest BCUT2D eigenvalue weighted by atomic mass is 10.2. The van der Waals surface area contributed by atoms with Gasteiger partial charge >= 0.3 is 0 Å². The van der Waals surface area contributed by atoms with Crippen LogP contribution in [0.1, 0.15) is 11.5 Å². The van der Waals surface area contributed by atoms with E-state index in [9.17, 15) is 0 Å². The number of hydrogen-bond donors (Lipinski definition) is 0. The normalized spacial score (nSPS) is 11.0. The minimum absolute atomic E-state index is 0.0259. The Morgan fingerprint density at radius 3 is 2.59 bits per heavy atom. The predicted molar refractivity (Wildman–Crippen MR) is 102 cm³/mol. The molecule has 9 heteroatoms. The first-order valence-electron chi connectivity index (χ1n) is 7.76. The van der Waals surface area contributed by atoms with Gasteiger partial charge in [0.15, 0.2) is 18.1 Å². The summed E-state index contributed by atoms with van der Waals surface area (Å²) in [5, 5.41) is 8.81. The van der Waals surface area contributed by atoms with Crippen LogP contribution in [-0.2, 0) is 11.4 Å². The third-order valence-electron chi connectivity index (χ3n) is 3.49. The molecule has 0 N–H and O–H groups in total. The fourth-order valence-electron chi connectivity index (χ4n) is 2.23. The highest BCUT2D eigenvalue weighted by atomic mass is 35.5. The lowest BCUT2D eigenvalue weighted by Gasteiger charge is -2.09. The molecule has 0 saturated carbocycles. The summed E-state index contributed by atoms with van der Waals surface area (Å²) in [5.74, 6) is 1.69. The van der Waals surface area contributed by atoms with Crippen LogP contribution in [0, 0.1) is 0 Å². The van der Waals surface area contributed by atoms with Crippen LogP contribution in [0.3, 0.4) is 0 Å². The van der Waals surface area contributed by atoms with Crippen LogP contribution in [0.5, 0.6) is 11.5 Å². The van der Waals surface area contributed by atoms with Gasteiger partial charge in [0.25, 0.3) is 5.89 Å². The van der Waals surface area contributed by atoms with Gasteiger partial charge in [-0.05, 0) is 36.4 Å². The molecule has 0 bridgehead atoms. The molecule has 3 rings (SSSR count). The molecule has 0 amide bonds. The first-order valence-corrected chi connectivity index (χ1v) is 8.51. The highest BCUT2D eigenvalue weighted by Gasteiger charge is 2.11. The molecular formula is C18H15Cl2N3O4. The van der Waals surface area contributed by atoms with E-state index in [0.29, 0.717) is 38.8 Å². The van der Waals surface area contributed by atoms with Gasteiger partial charge in [0.05, 0.1) is 25.5 Å². The van der Waals surface area contributed by atoms with Crippen molar-refractivity contribution >= 4 is 29.4 Å². The van der Waals surface area contributed by atoms with E-state index in [0.717, 1.165) is 5.56 Å². The highest BCUT2D eigenvalue weighted by molar-refractivity contribution is 6.32. The van der Waals surface area contributed by atoms with Crippen LogP contribution in [0.2, 0.25) is 10.0 Å². The highest BCUT2D eigenvalue weighted by Crippen LogP contribution is 2.35. The summed E-state index contributed by atoms with van der Waals surface area (Å²) in [7, 11) is 3.04. The molecule has 0 aliphatic rings. The lowest BCUT2D eigenvalue weighted by Crippen LogP contribution is -1.94. The molecule has 1 aromatic heterocycles. The number of hydrogen-bond acceptors (Lipinski definition) is 7. The summed E-state index contributed by atoms with van der Waals surface area (Å²) in [6.07, 6.45) is 1.49. The summed E-state index contributed by atoms with van der Waals surface area (Å²) >= 11 is 12.0. The molecule has 1 heterocycles. The van der Waals surface area contributed by atoms with E-state index in [-0.39, 0.29) is 6.61 Å². The Hall–Kier alpha value is -2.77. The number of oxime groups is 1. The largest absolute Gasteiger partial charge is 0.493 e. The molecule has 0 aliphatic heterocycles. The maximum atomic E-state index is 6.14. The van der Waals surface area contributed by atoms with Crippen molar-refractivity contribution < 1.29 is 18.8 Å². The van der Waals surface area contributed by atoms with E-state index < -0.39 is 0 Å². The van der Waals surface area contributed by atoms with Crippen molar-refractivity contribution in [1.82, 2.24) is 10.1 Å². The van der Waals surface area contributed by atoms with E-state index in [2.05, 4.69) is 15.3 Å². The van der Waals surface area contributed by atoms with Crippen LogP contribution in [0.4, 0.5) is 0 Å². The first kappa shape index (κ1) is 19.0. The van der Waals surface area contributed by atoms with E-state index in [1.54, 1.807) is 36.4 Å². The standard InChI is InChI=1S/C18H15Cl2N3O4/c1-24-15-8-11(7-14(20)17(15)25-2)9-21-26-10-16-22-18(23-27-16)12-3-5-13(19)6-4-12/h3-9H,10H2,1-2H3/b21-9-. The first-order chi connectivity index (χ1) is 13.1.